The molecule has 0 atom stereocenters. The summed E-state index contributed by atoms with van der Waals surface area (Å²) in [5.41, 5.74) is 0.900. The summed E-state index contributed by atoms with van der Waals surface area (Å²) in [6, 6.07) is 11.2. The molecular formula is C22H32N4O2. The minimum atomic E-state index is -0.339. The number of rotatable bonds is 11. The molecule has 0 aliphatic heterocycles. The molecule has 0 radical (unpaired) electrons. The van der Waals surface area contributed by atoms with Gasteiger partial charge in [-0.3, -0.25) is 0 Å². The smallest absolute Gasteiger partial charge is 0.341 e. The van der Waals surface area contributed by atoms with Crippen molar-refractivity contribution < 1.29 is 9.53 Å². The number of benzene rings is 1. The van der Waals surface area contributed by atoms with Gasteiger partial charge in [0.15, 0.2) is 0 Å². The molecular weight excluding hydrogens is 352 g/mol. The van der Waals surface area contributed by atoms with Crippen molar-refractivity contribution in [3.63, 3.8) is 0 Å². The molecule has 1 aromatic carbocycles. The third kappa shape index (κ3) is 7.55. The van der Waals surface area contributed by atoms with Crippen LogP contribution in [0.15, 0.2) is 47.6 Å². The second-order valence-electron chi connectivity index (χ2n) is 6.76. The number of unbranched alkanes of at least 4 members (excludes halogenated alkanes) is 5. The molecule has 0 saturated heterocycles. The van der Waals surface area contributed by atoms with E-state index in [0.717, 1.165) is 31.4 Å². The van der Waals surface area contributed by atoms with Crippen LogP contribution >= 0.6 is 0 Å². The molecule has 0 spiro atoms. The molecule has 0 fully saturated rings. The molecule has 28 heavy (non-hydrogen) atoms. The Morgan fingerprint density at radius 2 is 1.82 bits per heavy atom. The van der Waals surface area contributed by atoms with Gasteiger partial charge >= 0.3 is 6.03 Å². The number of carbonyl (C=O) groups excluding carboxylic acids is 1. The molecule has 0 aliphatic carbocycles. The highest BCUT2D eigenvalue weighted by Gasteiger charge is 2.06. The van der Waals surface area contributed by atoms with Crippen LogP contribution in [-0.4, -0.2) is 29.0 Å². The maximum absolute atomic E-state index is 12.1. The molecule has 1 N–H and O–H groups in total. The number of para-hydroxylation sites is 1. The first-order valence-electron chi connectivity index (χ1n) is 10.3. The Kier molecular flexibility index (Phi) is 9.83. The van der Waals surface area contributed by atoms with Crippen LogP contribution in [0.1, 0.15) is 58.8 Å². The predicted octanol–water partition coefficient (Wildman–Crippen LogP) is 4.63. The van der Waals surface area contributed by atoms with E-state index < -0.39 is 0 Å². The number of nitrogens with one attached hydrogen (secondary N) is 1. The second kappa shape index (κ2) is 12.7. The second-order valence-corrected chi connectivity index (χ2v) is 6.76. The van der Waals surface area contributed by atoms with Crippen LogP contribution in [0.25, 0.3) is 5.69 Å². The topological polar surface area (TPSA) is 68.5 Å². The van der Waals surface area contributed by atoms with Gasteiger partial charge < -0.3 is 10.1 Å². The number of nitrogens with zero attached hydrogens (tertiary/aromatic N) is 3. The molecule has 1 heterocycles. The van der Waals surface area contributed by atoms with E-state index in [1.165, 1.54) is 19.3 Å². The third-order valence-corrected chi connectivity index (χ3v) is 4.32. The van der Waals surface area contributed by atoms with Crippen molar-refractivity contribution in [1.82, 2.24) is 15.1 Å². The van der Waals surface area contributed by atoms with E-state index in [1.807, 2.05) is 30.3 Å². The molecule has 2 rings (SSSR count). The van der Waals surface area contributed by atoms with Crippen molar-refractivity contribution in [3.05, 3.63) is 48.0 Å². The molecule has 152 valence electrons. The van der Waals surface area contributed by atoms with Crippen molar-refractivity contribution >= 4 is 6.03 Å². The van der Waals surface area contributed by atoms with E-state index in [1.54, 1.807) is 16.9 Å². The van der Waals surface area contributed by atoms with E-state index in [0.29, 0.717) is 24.4 Å². The highest BCUT2D eigenvalue weighted by molar-refractivity contribution is 5.74. The van der Waals surface area contributed by atoms with Gasteiger partial charge in [-0.05, 0) is 25.0 Å². The molecule has 0 aliphatic rings. The van der Waals surface area contributed by atoms with Gasteiger partial charge in [-0.15, -0.1) is 0 Å². The molecule has 0 saturated carbocycles. The van der Waals surface area contributed by atoms with E-state index in [4.69, 9.17) is 4.74 Å². The minimum Gasteiger partial charge on any atom is -0.478 e. The Morgan fingerprint density at radius 3 is 2.57 bits per heavy atom. The van der Waals surface area contributed by atoms with Crippen LogP contribution < -0.4 is 15.4 Å². The number of ether oxygens (including phenoxy) is 1. The summed E-state index contributed by atoms with van der Waals surface area (Å²) < 4.78 is 7.62. The van der Waals surface area contributed by atoms with Gasteiger partial charge in [0.1, 0.15) is 0 Å². The molecule has 2 amide bonds. The highest BCUT2D eigenvalue weighted by atomic mass is 16.5. The summed E-state index contributed by atoms with van der Waals surface area (Å²) in [5.74, 6) is 0.577. The van der Waals surface area contributed by atoms with Gasteiger partial charge in [0.2, 0.25) is 5.88 Å². The molecule has 6 heteroatoms. The van der Waals surface area contributed by atoms with Crippen LogP contribution in [0.3, 0.4) is 0 Å². The van der Waals surface area contributed by atoms with Crippen LogP contribution in [0.5, 0.6) is 5.88 Å². The number of amides is 2. The van der Waals surface area contributed by atoms with Gasteiger partial charge in [-0.25, -0.2) is 9.48 Å². The zero-order valence-electron chi connectivity index (χ0n) is 17.1. The largest absolute Gasteiger partial charge is 0.478 e. The summed E-state index contributed by atoms with van der Waals surface area (Å²) in [5, 5.41) is 7.76. The molecule has 2 aromatic rings. The van der Waals surface area contributed by atoms with Gasteiger partial charge in [0.05, 0.1) is 23.8 Å². The lowest BCUT2D eigenvalue weighted by molar-refractivity contribution is 0.248. The van der Waals surface area contributed by atoms with E-state index in [-0.39, 0.29) is 6.03 Å². The van der Waals surface area contributed by atoms with Crippen molar-refractivity contribution in [1.29, 1.82) is 0 Å². The van der Waals surface area contributed by atoms with Crippen LogP contribution in [0, 0.1) is 0 Å². The van der Waals surface area contributed by atoms with E-state index >= 15 is 0 Å². The van der Waals surface area contributed by atoms with Crippen LogP contribution in [-0.2, 0) is 0 Å². The lowest BCUT2D eigenvalue weighted by Gasteiger charge is -2.13. The fourth-order valence-electron chi connectivity index (χ4n) is 2.73. The number of carbonyl (C=O) groups is 1. The van der Waals surface area contributed by atoms with Crippen molar-refractivity contribution in [2.45, 2.75) is 58.8 Å². The quantitative estimate of drug-likeness (QED) is 0.574. The Bertz CT molecular complexity index is 772. The van der Waals surface area contributed by atoms with Crippen molar-refractivity contribution in [3.8, 4) is 11.6 Å². The molecule has 0 unspecified atom stereocenters. The van der Waals surface area contributed by atoms with Gasteiger partial charge in [0.25, 0.3) is 0 Å². The van der Waals surface area contributed by atoms with Gasteiger partial charge in [0, 0.05) is 12.6 Å². The number of hydrogen-bond donors (Lipinski definition) is 1. The van der Waals surface area contributed by atoms with E-state index in [2.05, 4.69) is 29.3 Å². The fourth-order valence-corrected chi connectivity index (χ4v) is 2.73. The summed E-state index contributed by atoms with van der Waals surface area (Å²) in [6.07, 6.45) is 9.37. The SMILES string of the molecule is CCCCCCCNC(=O)N=c1cnn(-c2ccccc2)c(OCCCC)c1. The van der Waals surface area contributed by atoms with Crippen LogP contribution in [0.4, 0.5) is 4.79 Å². The summed E-state index contributed by atoms with van der Waals surface area (Å²) >= 11 is 0. The van der Waals surface area contributed by atoms with E-state index in [9.17, 15) is 4.79 Å². The first kappa shape index (κ1) is 21.7. The number of urea groups is 1. The third-order valence-electron chi connectivity index (χ3n) is 4.32. The average Bonchev–Trinajstić information content (AvgIpc) is 2.72. The minimum absolute atomic E-state index is 0.339. The average molecular weight is 385 g/mol. The monoisotopic (exact) mass is 384 g/mol. The number of hydrogen-bond acceptors (Lipinski definition) is 3. The van der Waals surface area contributed by atoms with Gasteiger partial charge in [-0.2, -0.15) is 10.1 Å². The summed E-state index contributed by atoms with van der Waals surface area (Å²) in [4.78, 5) is 16.2. The van der Waals surface area contributed by atoms with Crippen LogP contribution in [0.2, 0.25) is 0 Å². The summed E-state index contributed by atoms with van der Waals surface area (Å²) in [6.45, 7) is 5.55. The van der Waals surface area contributed by atoms with Crippen molar-refractivity contribution in [2.75, 3.05) is 13.2 Å². The standard InChI is InChI=1S/C22H32N4O2/c1-3-5-7-8-12-15-23-22(27)25-19-17-21(28-16-6-4-2)26(24-18-19)20-13-10-9-11-14-20/h9-11,13-14,17-18H,3-8,12,15-16H2,1-2H3,(H,23,27). The van der Waals surface area contributed by atoms with Crippen molar-refractivity contribution in [2.24, 2.45) is 4.99 Å². The molecule has 1 aromatic heterocycles. The lowest BCUT2D eigenvalue weighted by Crippen LogP contribution is -2.24. The lowest BCUT2D eigenvalue weighted by atomic mass is 10.1. The summed E-state index contributed by atoms with van der Waals surface area (Å²) in [7, 11) is 0. The number of aromatic nitrogens is 2. The zero-order valence-corrected chi connectivity index (χ0v) is 17.1. The Hall–Kier alpha value is -2.63. The fraction of sp³-hybridized carbons (Fsp3) is 0.500. The first-order chi connectivity index (χ1) is 13.7. The normalized spacial score (nSPS) is 11.4. The maximum Gasteiger partial charge on any atom is 0.341 e. The Balaban J connectivity index is 2.06. The highest BCUT2D eigenvalue weighted by Crippen LogP contribution is 2.14. The Labute approximate surface area is 167 Å². The molecule has 0 bridgehead atoms. The Morgan fingerprint density at radius 1 is 1.07 bits per heavy atom. The zero-order chi connectivity index (χ0) is 20.0. The maximum atomic E-state index is 12.1. The first-order valence-corrected chi connectivity index (χ1v) is 10.3. The predicted molar refractivity (Wildman–Crippen MR) is 112 cm³/mol. The molecule has 6 nitrogen and oxygen atoms in total. The van der Waals surface area contributed by atoms with Gasteiger partial charge in [-0.1, -0.05) is 64.2 Å².